The minimum absolute atomic E-state index is 0.286. The summed E-state index contributed by atoms with van der Waals surface area (Å²) < 4.78 is 0. The van der Waals surface area contributed by atoms with Crippen molar-refractivity contribution in [1.29, 1.82) is 0 Å². The maximum Gasteiger partial charge on any atom is 0.268 e. The number of hydrogen-bond acceptors (Lipinski definition) is 6. The number of amides is 2. The maximum absolute atomic E-state index is 12.0. The smallest absolute Gasteiger partial charge is 0.268 e. The average molecular weight is 386 g/mol. The van der Waals surface area contributed by atoms with Crippen molar-refractivity contribution in [1.82, 2.24) is 10.9 Å². The average Bonchev–Trinajstić information content (AvgIpc) is 2.71. The molecule has 2 rings (SSSR count). The van der Waals surface area contributed by atoms with E-state index in [4.69, 9.17) is 11.5 Å². The minimum Gasteiger partial charge on any atom is -0.382 e. The van der Waals surface area contributed by atoms with E-state index in [-0.39, 0.29) is 12.8 Å². The predicted octanol–water partition coefficient (Wildman–Crippen LogP) is -1.00. The lowest BCUT2D eigenvalue weighted by Gasteiger charge is -2.21. The summed E-state index contributed by atoms with van der Waals surface area (Å²) in [6, 6.07) is 16.6. The molecule has 0 unspecified atom stereocenters. The molecular weight excluding hydrogens is 360 g/mol. The van der Waals surface area contributed by atoms with Crippen molar-refractivity contribution in [2.24, 2.45) is 11.5 Å². The monoisotopic (exact) mass is 386 g/mol. The Bertz CT molecular complexity index is 692. The van der Waals surface area contributed by atoms with E-state index in [9.17, 15) is 19.8 Å². The van der Waals surface area contributed by atoms with Gasteiger partial charge < -0.3 is 21.7 Å². The Kier molecular flexibility index (Phi) is 8.09. The highest BCUT2D eigenvalue weighted by Crippen LogP contribution is 2.06. The van der Waals surface area contributed by atoms with Crippen molar-refractivity contribution < 1.29 is 19.8 Å². The van der Waals surface area contributed by atoms with Gasteiger partial charge in [0.1, 0.15) is 12.2 Å². The number of aliphatic hydroxyl groups is 2. The molecule has 8 heteroatoms. The highest BCUT2D eigenvalue weighted by Gasteiger charge is 2.26. The first kappa shape index (κ1) is 21.5. The Morgan fingerprint density at radius 2 is 1.04 bits per heavy atom. The molecule has 0 aromatic heterocycles. The molecule has 4 atom stereocenters. The summed E-state index contributed by atoms with van der Waals surface area (Å²) in [5, 5.41) is 20.1. The van der Waals surface area contributed by atoms with Crippen molar-refractivity contribution >= 4 is 11.8 Å². The van der Waals surface area contributed by atoms with Gasteiger partial charge in [-0.1, -0.05) is 60.7 Å². The van der Waals surface area contributed by atoms with E-state index in [1.165, 1.54) is 0 Å². The van der Waals surface area contributed by atoms with Crippen molar-refractivity contribution in [3.05, 3.63) is 71.8 Å². The van der Waals surface area contributed by atoms with Gasteiger partial charge in [-0.3, -0.25) is 20.4 Å². The molecular formula is C20H26N4O4. The lowest BCUT2D eigenvalue weighted by Crippen LogP contribution is -2.56. The SMILES string of the molecule is N[C@H](Cc1ccccc1)[C@H](O)C(=O)NNC(=O)[C@@H](O)[C@H](N)Cc1ccccc1. The molecule has 0 saturated carbocycles. The van der Waals surface area contributed by atoms with Crippen LogP contribution in [0.5, 0.6) is 0 Å². The van der Waals surface area contributed by atoms with Gasteiger partial charge in [-0.15, -0.1) is 0 Å². The summed E-state index contributed by atoms with van der Waals surface area (Å²) in [6.07, 6.45) is -2.49. The molecule has 0 heterocycles. The first-order valence-corrected chi connectivity index (χ1v) is 8.93. The number of aliphatic hydroxyl groups excluding tert-OH is 2. The van der Waals surface area contributed by atoms with Gasteiger partial charge in [0.05, 0.1) is 0 Å². The summed E-state index contributed by atoms with van der Waals surface area (Å²) in [7, 11) is 0. The van der Waals surface area contributed by atoms with Gasteiger partial charge in [-0.05, 0) is 24.0 Å². The fraction of sp³-hybridized carbons (Fsp3) is 0.300. The largest absolute Gasteiger partial charge is 0.382 e. The number of benzene rings is 2. The molecule has 2 amide bonds. The number of carbonyl (C=O) groups is 2. The van der Waals surface area contributed by atoms with Crippen molar-refractivity contribution in [2.75, 3.05) is 0 Å². The highest BCUT2D eigenvalue weighted by molar-refractivity contribution is 5.87. The van der Waals surface area contributed by atoms with Crippen LogP contribution in [-0.2, 0) is 22.4 Å². The predicted molar refractivity (Wildman–Crippen MR) is 105 cm³/mol. The molecule has 0 bridgehead atoms. The topological polar surface area (TPSA) is 151 Å². The quantitative estimate of drug-likeness (QED) is 0.320. The number of nitrogens with one attached hydrogen (secondary N) is 2. The van der Waals surface area contributed by atoms with Crippen LogP contribution >= 0.6 is 0 Å². The zero-order valence-corrected chi connectivity index (χ0v) is 15.4. The van der Waals surface area contributed by atoms with Crippen LogP contribution in [0.25, 0.3) is 0 Å². The molecule has 0 saturated heterocycles. The van der Waals surface area contributed by atoms with Crippen LogP contribution in [0.15, 0.2) is 60.7 Å². The van der Waals surface area contributed by atoms with Gasteiger partial charge in [-0.2, -0.15) is 0 Å². The lowest BCUT2D eigenvalue weighted by molar-refractivity contribution is -0.138. The normalized spacial score (nSPS) is 15.1. The van der Waals surface area contributed by atoms with Gasteiger partial charge in [0.2, 0.25) is 0 Å². The molecule has 8 nitrogen and oxygen atoms in total. The van der Waals surface area contributed by atoms with E-state index < -0.39 is 36.1 Å². The number of rotatable bonds is 8. The van der Waals surface area contributed by atoms with Gasteiger partial charge >= 0.3 is 0 Å². The molecule has 0 fully saturated rings. The standard InChI is InChI=1S/C20H26N4O4/c21-15(11-13-7-3-1-4-8-13)17(25)19(27)23-24-20(28)18(26)16(22)12-14-9-5-2-6-10-14/h1-10,15-18,25-26H,11-12,21-22H2,(H,23,27)(H,24,28)/t15-,16-,17+,18+/m1/s1. The van der Waals surface area contributed by atoms with Crippen molar-refractivity contribution in [2.45, 2.75) is 37.1 Å². The van der Waals surface area contributed by atoms with E-state index in [1.54, 1.807) is 0 Å². The summed E-state index contributed by atoms with van der Waals surface area (Å²) in [4.78, 5) is 24.0. The molecule has 2 aromatic carbocycles. The van der Waals surface area contributed by atoms with Gasteiger partial charge in [0.15, 0.2) is 0 Å². The van der Waals surface area contributed by atoms with E-state index >= 15 is 0 Å². The number of nitrogens with two attached hydrogens (primary N) is 2. The second kappa shape index (κ2) is 10.5. The molecule has 0 radical (unpaired) electrons. The molecule has 0 aliphatic heterocycles. The van der Waals surface area contributed by atoms with Crippen LogP contribution in [0.1, 0.15) is 11.1 Å². The Morgan fingerprint density at radius 1 is 0.714 bits per heavy atom. The summed E-state index contributed by atoms with van der Waals surface area (Å²) >= 11 is 0. The van der Waals surface area contributed by atoms with Gasteiger partial charge in [-0.25, -0.2) is 0 Å². The first-order valence-electron chi connectivity index (χ1n) is 8.93. The molecule has 8 N–H and O–H groups in total. The molecule has 28 heavy (non-hydrogen) atoms. The third kappa shape index (κ3) is 6.43. The highest BCUT2D eigenvalue weighted by atomic mass is 16.3. The summed E-state index contributed by atoms with van der Waals surface area (Å²) in [6.45, 7) is 0. The van der Waals surface area contributed by atoms with Crippen LogP contribution in [0.2, 0.25) is 0 Å². The number of hydrazine groups is 1. The van der Waals surface area contributed by atoms with E-state index in [1.807, 2.05) is 60.7 Å². The second-order valence-electron chi connectivity index (χ2n) is 6.58. The van der Waals surface area contributed by atoms with Gasteiger partial charge in [0.25, 0.3) is 11.8 Å². The zero-order chi connectivity index (χ0) is 20.5. The molecule has 0 spiro atoms. The van der Waals surface area contributed by atoms with E-state index in [0.29, 0.717) is 0 Å². The Balaban J connectivity index is 1.79. The van der Waals surface area contributed by atoms with Gasteiger partial charge in [0, 0.05) is 12.1 Å². The number of hydrogen-bond donors (Lipinski definition) is 6. The fourth-order valence-electron chi connectivity index (χ4n) is 2.66. The van der Waals surface area contributed by atoms with E-state index in [2.05, 4.69) is 10.9 Å². The first-order chi connectivity index (χ1) is 13.4. The van der Waals surface area contributed by atoms with E-state index in [0.717, 1.165) is 11.1 Å². The Hall–Kier alpha value is -2.78. The molecule has 0 aliphatic carbocycles. The zero-order valence-electron chi connectivity index (χ0n) is 15.4. The summed E-state index contributed by atoms with van der Waals surface area (Å²) in [5.41, 5.74) is 17.6. The molecule has 2 aromatic rings. The van der Waals surface area contributed by atoms with Crippen LogP contribution in [-0.4, -0.2) is 46.3 Å². The minimum atomic E-state index is -1.53. The fourth-order valence-corrected chi connectivity index (χ4v) is 2.66. The lowest BCUT2D eigenvalue weighted by atomic mass is 10.0. The van der Waals surface area contributed by atoms with Crippen molar-refractivity contribution in [3.8, 4) is 0 Å². The van der Waals surface area contributed by atoms with Crippen LogP contribution in [0.4, 0.5) is 0 Å². The Labute approximate surface area is 163 Å². The maximum atomic E-state index is 12.0. The summed E-state index contributed by atoms with van der Waals surface area (Å²) in [5.74, 6) is -1.75. The number of carbonyl (C=O) groups excluding carboxylic acids is 2. The third-order valence-corrected chi connectivity index (χ3v) is 4.29. The van der Waals surface area contributed by atoms with Crippen LogP contribution in [0.3, 0.4) is 0 Å². The third-order valence-electron chi connectivity index (χ3n) is 4.29. The Morgan fingerprint density at radius 3 is 1.36 bits per heavy atom. The molecule has 0 aliphatic rings. The second-order valence-corrected chi connectivity index (χ2v) is 6.58. The molecule has 150 valence electrons. The van der Waals surface area contributed by atoms with Crippen LogP contribution in [0, 0.1) is 0 Å². The van der Waals surface area contributed by atoms with Crippen LogP contribution < -0.4 is 22.3 Å². The van der Waals surface area contributed by atoms with Crippen molar-refractivity contribution in [3.63, 3.8) is 0 Å².